The van der Waals surface area contributed by atoms with Gasteiger partial charge in [0.05, 0.1) is 36.2 Å². The number of benzene rings is 1. The van der Waals surface area contributed by atoms with Crippen molar-refractivity contribution in [2.24, 2.45) is 0 Å². The molecule has 7 heteroatoms. The summed E-state index contributed by atoms with van der Waals surface area (Å²) in [5, 5.41) is 0.731. The number of rotatable bonds is 6. The topological polar surface area (TPSA) is 60.0 Å². The predicted octanol–water partition coefficient (Wildman–Crippen LogP) is 2.15. The molecule has 1 fully saturated rings. The molecule has 3 aromatic rings. The highest BCUT2D eigenvalue weighted by Gasteiger charge is 2.24. The van der Waals surface area contributed by atoms with Gasteiger partial charge < -0.3 is 14.1 Å². The minimum absolute atomic E-state index is 0.132. The summed E-state index contributed by atoms with van der Waals surface area (Å²) in [6.07, 6.45) is 2.45. The number of ether oxygens (including phenoxy) is 1. The first kappa shape index (κ1) is 18.2. The van der Waals surface area contributed by atoms with Gasteiger partial charge in [-0.2, -0.15) is 0 Å². The molecule has 1 aliphatic heterocycles. The molecule has 1 aliphatic rings. The van der Waals surface area contributed by atoms with E-state index in [2.05, 4.69) is 13.0 Å². The van der Waals surface area contributed by atoms with Crippen LogP contribution in [-0.4, -0.2) is 50.3 Å². The summed E-state index contributed by atoms with van der Waals surface area (Å²) in [6.45, 7) is 7.43. The Hall–Kier alpha value is -2.22. The van der Waals surface area contributed by atoms with Gasteiger partial charge >= 0.3 is 0 Å². The van der Waals surface area contributed by atoms with Crippen molar-refractivity contribution in [1.29, 1.82) is 0 Å². The lowest BCUT2D eigenvalue weighted by Gasteiger charge is -2.25. The lowest BCUT2D eigenvalue weighted by molar-refractivity contribution is -0.908. The molecule has 27 heavy (non-hydrogen) atoms. The lowest BCUT2D eigenvalue weighted by Crippen LogP contribution is -3.14. The Morgan fingerprint density at radius 1 is 1.30 bits per heavy atom. The first-order valence-corrected chi connectivity index (χ1v) is 10.2. The highest BCUT2D eigenvalue weighted by Crippen LogP contribution is 2.30. The first-order valence-electron chi connectivity index (χ1n) is 9.34. The molecule has 6 nitrogen and oxygen atoms in total. The molecule has 142 valence electrons. The maximum Gasteiger partial charge on any atom is 0.295 e. The minimum Gasteiger partial charge on any atom is -0.459 e. The summed E-state index contributed by atoms with van der Waals surface area (Å²) in [6, 6.07) is 9.62. The number of nitrogens with zero attached hydrogens (tertiary/aromatic N) is 2. The Bertz CT molecular complexity index is 900. The molecule has 1 N–H and O–H groups in total. The minimum atomic E-state index is -0.132. The average Bonchev–Trinajstić information content (AvgIpc) is 3.35. The smallest absolute Gasteiger partial charge is 0.295 e. The van der Waals surface area contributed by atoms with E-state index in [0.29, 0.717) is 12.3 Å². The number of hydrogen-bond acceptors (Lipinski definition) is 5. The Kier molecular flexibility index (Phi) is 5.52. The van der Waals surface area contributed by atoms with Crippen molar-refractivity contribution >= 4 is 32.6 Å². The fraction of sp³-hybridized carbons (Fsp3) is 0.400. The summed E-state index contributed by atoms with van der Waals surface area (Å²) in [5.41, 5.74) is 2.12. The number of anilines is 1. The number of quaternary nitrogens is 1. The number of aromatic nitrogens is 1. The van der Waals surface area contributed by atoms with Crippen molar-refractivity contribution in [2.75, 3.05) is 44.3 Å². The van der Waals surface area contributed by atoms with Crippen LogP contribution in [0.15, 0.2) is 41.0 Å². The molecule has 0 bridgehead atoms. The molecule has 0 aliphatic carbocycles. The van der Waals surface area contributed by atoms with Crippen molar-refractivity contribution in [3.05, 3.63) is 47.9 Å². The van der Waals surface area contributed by atoms with Crippen LogP contribution in [0.3, 0.4) is 0 Å². The fourth-order valence-corrected chi connectivity index (χ4v) is 4.44. The first-order chi connectivity index (χ1) is 13.2. The third kappa shape index (κ3) is 4.21. The summed E-state index contributed by atoms with van der Waals surface area (Å²) in [4.78, 5) is 21.0. The zero-order valence-corrected chi connectivity index (χ0v) is 16.3. The third-order valence-electron chi connectivity index (χ3n) is 4.85. The quantitative estimate of drug-likeness (QED) is 0.705. The molecular formula is C20H24N3O3S+. The Morgan fingerprint density at radius 2 is 2.15 bits per heavy atom. The van der Waals surface area contributed by atoms with E-state index in [9.17, 15) is 4.79 Å². The van der Waals surface area contributed by atoms with E-state index in [1.165, 1.54) is 16.7 Å². The van der Waals surface area contributed by atoms with E-state index in [0.717, 1.165) is 54.6 Å². The summed E-state index contributed by atoms with van der Waals surface area (Å²) in [5.74, 6) is 0.219. The molecule has 1 aromatic carbocycles. The van der Waals surface area contributed by atoms with Crippen LogP contribution in [0, 0.1) is 6.92 Å². The zero-order valence-electron chi connectivity index (χ0n) is 15.4. The van der Waals surface area contributed by atoms with Crippen molar-refractivity contribution in [3.63, 3.8) is 0 Å². The molecule has 0 saturated carbocycles. The molecule has 0 radical (unpaired) electrons. The van der Waals surface area contributed by atoms with Gasteiger partial charge in [-0.05, 0) is 36.8 Å². The predicted molar refractivity (Wildman–Crippen MR) is 106 cm³/mol. The maximum atomic E-state index is 13.0. The SMILES string of the molecule is Cc1ccc2nc(N(CCC[NH+]3CCOCC3)C(=O)c3ccco3)sc2c1. The number of hydrogen-bond donors (Lipinski definition) is 1. The van der Waals surface area contributed by atoms with Crippen LogP contribution in [0.25, 0.3) is 10.2 Å². The van der Waals surface area contributed by atoms with Gasteiger partial charge in [0, 0.05) is 13.0 Å². The van der Waals surface area contributed by atoms with Crippen molar-refractivity contribution < 1.29 is 18.8 Å². The van der Waals surface area contributed by atoms with Crippen LogP contribution in [0.2, 0.25) is 0 Å². The van der Waals surface area contributed by atoms with Gasteiger partial charge in [-0.1, -0.05) is 17.4 Å². The maximum absolute atomic E-state index is 13.0. The van der Waals surface area contributed by atoms with Crippen LogP contribution in [0.1, 0.15) is 22.5 Å². The van der Waals surface area contributed by atoms with Gasteiger partial charge in [0.15, 0.2) is 10.9 Å². The van der Waals surface area contributed by atoms with E-state index in [1.54, 1.807) is 28.4 Å². The van der Waals surface area contributed by atoms with E-state index < -0.39 is 0 Å². The second-order valence-corrected chi connectivity index (χ2v) is 7.88. The highest BCUT2D eigenvalue weighted by molar-refractivity contribution is 7.22. The number of furan rings is 1. The number of fused-ring (bicyclic) bond motifs is 1. The molecule has 4 rings (SSSR count). The van der Waals surface area contributed by atoms with Crippen LogP contribution < -0.4 is 9.80 Å². The van der Waals surface area contributed by atoms with Gasteiger partial charge in [0.25, 0.3) is 5.91 Å². The highest BCUT2D eigenvalue weighted by atomic mass is 32.1. The van der Waals surface area contributed by atoms with Gasteiger partial charge in [0.1, 0.15) is 13.1 Å². The monoisotopic (exact) mass is 386 g/mol. The van der Waals surface area contributed by atoms with Crippen LogP contribution in [0.5, 0.6) is 0 Å². The normalized spacial score (nSPS) is 15.3. The van der Waals surface area contributed by atoms with Crippen molar-refractivity contribution in [2.45, 2.75) is 13.3 Å². The van der Waals surface area contributed by atoms with Crippen LogP contribution >= 0.6 is 11.3 Å². The van der Waals surface area contributed by atoms with Gasteiger partial charge in [0.2, 0.25) is 0 Å². The van der Waals surface area contributed by atoms with Gasteiger partial charge in [-0.25, -0.2) is 4.98 Å². The van der Waals surface area contributed by atoms with Gasteiger partial charge in [-0.3, -0.25) is 9.69 Å². The average molecular weight is 386 g/mol. The Labute approximate surface area is 162 Å². The summed E-state index contributed by atoms with van der Waals surface area (Å²) < 4.78 is 11.9. The number of aryl methyl sites for hydroxylation is 1. The number of nitrogens with one attached hydrogen (secondary N) is 1. The van der Waals surface area contributed by atoms with Crippen LogP contribution in [0.4, 0.5) is 5.13 Å². The lowest BCUT2D eigenvalue weighted by atomic mass is 10.2. The number of carbonyl (C=O) groups excluding carboxylic acids is 1. The molecule has 3 heterocycles. The molecule has 2 aromatic heterocycles. The second kappa shape index (κ2) is 8.21. The third-order valence-corrected chi connectivity index (χ3v) is 5.89. The zero-order chi connectivity index (χ0) is 18.6. The standard InChI is InChI=1S/C20H23N3O3S/c1-15-5-6-16-18(14-15)27-20(21-16)23(19(24)17-4-2-11-26-17)8-3-7-22-9-12-25-13-10-22/h2,4-6,11,14H,3,7-10,12-13H2,1H3/p+1. The van der Waals surface area contributed by atoms with E-state index >= 15 is 0 Å². The molecular weight excluding hydrogens is 362 g/mol. The number of morpholine rings is 1. The molecule has 1 amide bonds. The molecule has 0 unspecified atom stereocenters. The van der Waals surface area contributed by atoms with E-state index in [1.807, 2.05) is 12.1 Å². The summed E-state index contributed by atoms with van der Waals surface area (Å²) >= 11 is 1.56. The second-order valence-electron chi connectivity index (χ2n) is 6.87. The molecule has 0 spiro atoms. The van der Waals surface area contributed by atoms with Crippen LogP contribution in [-0.2, 0) is 4.74 Å². The van der Waals surface area contributed by atoms with E-state index in [-0.39, 0.29) is 5.91 Å². The molecule has 1 saturated heterocycles. The van der Waals surface area contributed by atoms with Crippen molar-refractivity contribution in [1.82, 2.24) is 4.98 Å². The van der Waals surface area contributed by atoms with E-state index in [4.69, 9.17) is 14.1 Å². The molecule has 0 atom stereocenters. The Morgan fingerprint density at radius 3 is 2.93 bits per heavy atom. The fourth-order valence-electron chi connectivity index (χ4n) is 3.35. The van der Waals surface area contributed by atoms with Gasteiger partial charge in [-0.15, -0.1) is 0 Å². The number of thiazole rings is 1. The summed E-state index contributed by atoms with van der Waals surface area (Å²) in [7, 11) is 0. The Balaban J connectivity index is 1.53. The largest absolute Gasteiger partial charge is 0.459 e. The number of carbonyl (C=O) groups is 1. The van der Waals surface area contributed by atoms with Crippen molar-refractivity contribution in [3.8, 4) is 0 Å². The number of amides is 1.